The van der Waals surface area contributed by atoms with E-state index in [2.05, 4.69) is 17.9 Å². The SMILES string of the molecule is NCCN.O=C(N[C@@H](CS)C(=O)O)c1ccccc1. The number of nitrogens with one attached hydrogen (secondary N) is 1. The maximum absolute atomic E-state index is 11.5. The van der Waals surface area contributed by atoms with Gasteiger partial charge in [-0.25, -0.2) is 4.79 Å². The van der Waals surface area contributed by atoms with Crippen LogP contribution in [0.3, 0.4) is 0 Å². The van der Waals surface area contributed by atoms with Crippen LogP contribution in [0.5, 0.6) is 0 Å². The molecule has 0 saturated heterocycles. The number of carboxylic acid groups (broad SMARTS) is 1. The number of hydrogen-bond acceptors (Lipinski definition) is 5. The van der Waals surface area contributed by atoms with E-state index in [1.807, 2.05) is 0 Å². The molecule has 0 radical (unpaired) electrons. The summed E-state index contributed by atoms with van der Waals surface area (Å²) >= 11 is 3.85. The molecule has 0 spiro atoms. The molecule has 1 rings (SSSR count). The Kier molecular flexibility index (Phi) is 9.51. The van der Waals surface area contributed by atoms with Gasteiger partial charge in [0, 0.05) is 24.4 Å². The van der Waals surface area contributed by atoms with E-state index in [0.29, 0.717) is 18.7 Å². The Morgan fingerprint density at radius 1 is 1.21 bits per heavy atom. The molecule has 106 valence electrons. The quantitative estimate of drug-likeness (QED) is 0.476. The molecule has 1 aromatic carbocycles. The fourth-order valence-electron chi connectivity index (χ4n) is 1.02. The second kappa shape index (κ2) is 10.4. The Labute approximate surface area is 117 Å². The van der Waals surface area contributed by atoms with Crippen molar-refractivity contribution in [3.05, 3.63) is 35.9 Å². The van der Waals surface area contributed by atoms with Crippen LogP contribution in [0.2, 0.25) is 0 Å². The van der Waals surface area contributed by atoms with E-state index in [1.165, 1.54) is 0 Å². The zero-order chi connectivity index (χ0) is 14.7. The van der Waals surface area contributed by atoms with Gasteiger partial charge >= 0.3 is 5.97 Å². The summed E-state index contributed by atoms with van der Waals surface area (Å²) in [6.45, 7) is 1.19. The molecule has 1 atom stereocenters. The molecule has 6 N–H and O–H groups in total. The van der Waals surface area contributed by atoms with Gasteiger partial charge in [-0.2, -0.15) is 12.6 Å². The minimum absolute atomic E-state index is 0.0634. The minimum atomic E-state index is -1.09. The number of carboxylic acids is 1. The monoisotopic (exact) mass is 285 g/mol. The normalized spacial score (nSPS) is 10.9. The summed E-state index contributed by atoms with van der Waals surface area (Å²) in [5, 5.41) is 11.1. The fourth-order valence-corrected chi connectivity index (χ4v) is 1.26. The maximum atomic E-state index is 11.5. The molecule has 0 fully saturated rings. The molecular weight excluding hydrogens is 266 g/mol. The number of amides is 1. The van der Waals surface area contributed by atoms with E-state index in [-0.39, 0.29) is 5.75 Å². The summed E-state index contributed by atoms with van der Waals surface area (Å²) in [6.07, 6.45) is 0. The number of nitrogens with two attached hydrogens (primary N) is 2. The van der Waals surface area contributed by atoms with E-state index < -0.39 is 17.9 Å². The predicted molar refractivity (Wildman–Crippen MR) is 77.3 cm³/mol. The topological polar surface area (TPSA) is 118 Å². The molecule has 0 aliphatic heterocycles. The van der Waals surface area contributed by atoms with Crippen LogP contribution < -0.4 is 16.8 Å². The molecule has 0 saturated carbocycles. The van der Waals surface area contributed by atoms with Crippen LogP contribution in [0.1, 0.15) is 10.4 Å². The van der Waals surface area contributed by atoms with Crippen molar-refractivity contribution in [2.45, 2.75) is 6.04 Å². The van der Waals surface area contributed by atoms with Gasteiger partial charge in [0.15, 0.2) is 0 Å². The van der Waals surface area contributed by atoms with Gasteiger partial charge in [0.05, 0.1) is 0 Å². The van der Waals surface area contributed by atoms with Crippen molar-refractivity contribution in [1.82, 2.24) is 5.32 Å². The number of thiol groups is 1. The molecular formula is C12H19N3O3S. The molecule has 0 aromatic heterocycles. The van der Waals surface area contributed by atoms with Crippen LogP contribution in [0, 0.1) is 0 Å². The smallest absolute Gasteiger partial charge is 0.327 e. The molecule has 0 heterocycles. The summed E-state index contributed by atoms with van der Waals surface area (Å²) in [4.78, 5) is 22.1. The van der Waals surface area contributed by atoms with E-state index >= 15 is 0 Å². The van der Waals surface area contributed by atoms with Crippen molar-refractivity contribution in [2.24, 2.45) is 11.5 Å². The third-order valence-electron chi connectivity index (χ3n) is 1.99. The summed E-state index contributed by atoms with van der Waals surface area (Å²) in [6, 6.07) is 7.49. The van der Waals surface area contributed by atoms with Crippen LogP contribution in [0.25, 0.3) is 0 Å². The zero-order valence-electron chi connectivity index (χ0n) is 10.5. The van der Waals surface area contributed by atoms with E-state index in [4.69, 9.17) is 16.6 Å². The van der Waals surface area contributed by atoms with E-state index in [1.54, 1.807) is 30.3 Å². The second-order valence-electron chi connectivity index (χ2n) is 3.49. The van der Waals surface area contributed by atoms with Gasteiger partial charge in [-0.15, -0.1) is 0 Å². The molecule has 19 heavy (non-hydrogen) atoms. The minimum Gasteiger partial charge on any atom is -0.480 e. The van der Waals surface area contributed by atoms with Crippen molar-refractivity contribution >= 4 is 24.5 Å². The average Bonchev–Trinajstić information content (AvgIpc) is 2.45. The van der Waals surface area contributed by atoms with E-state index in [9.17, 15) is 9.59 Å². The van der Waals surface area contributed by atoms with Crippen LogP contribution in [0.4, 0.5) is 0 Å². The first-order valence-corrected chi connectivity index (χ1v) is 6.29. The van der Waals surface area contributed by atoms with E-state index in [0.717, 1.165) is 0 Å². The molecule has 1 aromatic rings. The van der Waals surface area contributed by atoms with Crippen LogP contribution in [0.15, 0.2) is 30.3 Å². The molecule has 7 heteroatoms. The summed E-state index contributed by atoms with van der Waals surface area (Å²) in [5.74, 6) is -1.43. The molecule has 1 amide bonds. The first-order chi connectivity index (χ1) is 9.06. The van der Waals surface area contributed by atoms with Crippen molar-refractivity contribution in [3.8, 4) is 0 Å². The fraction of sp³-hybridized carbons (Fsp3) is 0.333. The van der Waals surface area contributed by atoms with Crippen molar-refractivity contribution in [1.29, 1.82) is 0 Å². The molecule has 0 aliphatic carbocycles. The van der Waals surface area contributed by atoms with Crippen LogP contribution in [-0.4, -0.2) is 41.9 Å². The number of carbonyl (C=O) groups excluding carboxylic acids is 1. The lowest BCUT2D eigenvalue weighted by atomic mass is 10.2. The Bertz CT molecular complexity index is 385. The Balaban J connectivity index is 0.000000711. The van der Waals surface area contributed by atoms with Gasteiger partial charge in [0.1, 0.15) is 6.04 Å². The van der Waals surface area contributed by atoms with Crippen LogP contribution in [-0.2, 0) is 4.79 Å². The lowest BCUT2D eigenvalue weighted by molar-refractivity contribution is -0.138. The van der Waals surface area contributed by atoms with Crippen molar-refractivity contribution in [2.75, 3.05) is 18.8 Å². The highest BCUT2D eigenvalue weighted by Gasteiger charge is 2.18. The first-order valence-electron chi connectivity index (χ1n) is 5.66. The summed E-state index contributed by atoms with van der Waals surface area (Å²) < 4.78 is 0. The number of rotatable bonds is 5. The summed E-state index contributed by atoms with van der Waals surface area (Å²) in [7, 11) is 0. The van der Waals surface area contributed by atoms with Gasteiger partial charge in [-0.1, -0.05) is 18.2 Å². The highest BCUT2D eigenvalue weighted by Crippen LogP contribution is 1.99. The van der Waals surface area contributed by atoms with Gasteiger partial charge in [0.25, 0.3) is 5.91 Å². The molecule has 0 aliphatic rings. The highest BCUT2D eigenvalue weighted by atomic mass is 32.1. The Hall–Kier alpha value is -1.57. The Morgan fingerprint density at radius 3 is 2.11 bits per heavy atom. The lowest BCUT2D eigenvalue weighted by Gasteiger charge is -2.11. The lowest BCUT2D eigenvalue weighted by Crippen LogP contribution is -2.42. The van der Waals surface area contributed by atoms with Crippen LogP contribution >= 0.6 is 12.6 Å². The van der Waals surface area contributed by atoms with Crippen molar-refractivity contribution in [3.63, 3.8) is 0 Å². The van der Waals surface area contributed by atoms with Gasteiger partial charge in [0.2, 0.25) is 0 Å². The first kappa shape index (κ1) is 17.4. The maximum Gasteiger partial charge on any atom is 0.327 e. The summed E-state index contributed by atoms with van der Waals surface area (Å²) in [5.41, 5.74) is 10.2. The molecule has 0 unspecified atom stereocenters. The van der Waals surface area contributed by atoms with Gasteiger partial charge < -0.3 is 21.9 Å². The number of carbonyl (C=O) groups is 2. The average molecular weight is 285 g/mol. The standard InChI is InChI=1S/C10H11NO3S.C2H8N2/c12-9(7-4-2-1-3-5-7)11-8(6-15)10(13)14;3-1-2-4/h1-5,8,15H,6H2,(H,11,12)(H,13,14);1-4H2/t8-;/m0./s1. The number of aliphatic carboxylic acids is 1. The number of benzene rings is 1. The third kappa shape index (κ3) is 7.45. The predicted octanol–water partition coefficient (Wildman–Crippen LogP) is -0.297. The zero-order valence-corrected chi connectivity index (χ0v) is 11.3. The second-order valence-corrected chi connectivity index (χ2v) is 3.86. The highest BCUT2D eigenvalue weighted by molar-refractivity contribution is 7.80. The molecule has 0 bridgehead atoms. The molecule has 6 nitrogen and oxygen atoms in total. The third-order valence-corrected chi connectivity index (χ3v) is 2.35. The largest absolute Gasteiger partial charge is 0.480 e. The Morgan fingerprint density at radius 2 is 1.74 bits per heavy atom. The van der Waals surface area contributed by atoms with Crippen molar-refractivity contribution < 1.29 is 14.7 Å². The van der Waals surface area contributed by atoms with Gasteiger partial charge in [-0.3, -0.25) is 4.79 Å². The van der Waals surface area contributed by atoms with Gasteiger partial charge in [-0.05, 0) is 12.1 Å². The number of hydrogen-bond donors (Lipinski definition) is 5.